The lowest BCUT2D eigenvalue weighted by molar-refractivity contribution is 0.670. The largest absolute Gasteiger partial charge is 0.468 e. The molecule has 0 atom stereocenters. The maximum atomic E-state index is 4.82. The first-order valence-corrected chi connectivity index (χ1v) is 19.8. The quantitative estimate of drug-likeness (QED) is 0.428. The van der Waals surface area contributed by atoms with Gasteiger partial charge in [-0.1, -0.05) is 32.7 Å². The van der Waals surface area contributed by atoms with Gasteiger partial charge in [-0.2, -0.15) is 0 Å². The third kappa shape index (κ3) is 150. The summed E-state index contributed by atoms with van der Waals surface area (Å²) in [6, 6.07) is 0. The fraction of sp³-hybridized carbons (Fsp3) is 1.00. The Morgan fingerprint density at radius 1 is 0.500 bits per heavy atom. The molecule has 0 unspecified atom stereocenters. The van der Waals surface area contributed by atoms with E-state index in [1.807, 2.05) is 0 Å². The van der Waals surface area contributed by atoms with Crippen LogP contribution in [-0.4, -0.2) is 91.2 Å². The van der Waals surface area contributed by atoms with Crippen molar-refractivity contribution in [2.45, 2.75) is 32.7 Å². The van der Waals surface area contributed by atoms with Gasteiger partial charge in [0, 0.05) is 0 Å². The van der Waals surface area contributed by atoms with Gasteiger partial charge in [-0.25, -0.2) is 0 Å². The molecule has 0 heterocycles. The Morgan fingerprint density at radius 2 is 0.556 bits per heavy atom. The van der Waals surface area contributed by atoms with Gasteiger partial charge in [0.25, 0.3) is 0 Å². The van der Waals surface area contributed by atoms with Crippen LogP contribution in [-0.2, 0) is 16.5 Å². The molecule has 0 saturated carbocycles. The summed E-state index contributed by atoms with van der Waals surface area (Å²) >= 11 is 0. The van der Waals surface area contributed by atoms with Crippen LogP contribution in [0.4, 0.5) is 0 Å². The van der Waals surface area contributed by atoms with Crippen LogP contribution in [0.15, 0.2) is 0 Å². The lowest BCUT2D eigenvalue weighted by Crippen LogP contribution is -1.82. The Balaban J connectivity index is -0.0000000399. The van der Waals surface area contributed by atoms with Crippen LogP contribution in [0.3, 0.4) is 0 Å². The number of hydrogen-bond donors (Lipinski definition) is 0. The Kier molecular flexibility index (Phi) is 110. The van der Waals surface area contributed by atoms with Crippen molar-refractivity contribution >= 4 is 91.2 Å². The smallest absolute Gasteiger partial charge is 0.142 e. The van der Waals surface area contributed by atoms with Crippen LogP contribution in [0.2, 0.25) is 32.7 Å². The Hall–Kier alpha value is 1.79. The molecule has 0 aliphatic heterocycles. The monoisotopic (exact) mass is 414 g/mol. The van der Waals surface area contributed by atoms with Gasteiger partial charge >= 0.3 is 0 Å². The van der Waals surface area contributed by atoms with Crippen molar-refractivity contribution in [1.29, 1.82) is 0 Å². The van der Waals surface area contributed by atoms with E-state index in [1.165, 1.54) is 10.2 Å². The minimum absolute atomic E-state index is 0.0139. The molecule has 0 rings (SSSR count). The standard InChI is InChI=1S/4CH8OSi2.CH6Si/c4*1-4-2-3;1-2/h4*4H2,1,3H3;1-2H3. The van der Waals surface area contributed by atoms with Gasteiger partial charge in [0.1, 0.15) is 81.0 Å². The van der Waals surface area contributed by atoms with Crippen LogP contribution in [0.5, 0.6) is 0 Å². The third-order valence-electron chi connectivity index (χ3n) is 1.15. The zero-order valence-electron chi connectivity index (χ0n) is 14.5. The average molecular weight is 415 g/mol. The summed E-state index contributed by atoms with van der Waals surface area (Å²) in [5, 5.41) is 0. The van der Waals surface area contributed by atoms with Crippen molar-refractivity contribution in [2.24, 2.45) is 0 Å². The van der Waals surface area contributed by atoms with Crippen molar-refractivity contribution in [3.8, 4) is 0 Å². The molecule has 0 aliphatic carbocycles. The van der Waals surface area contributed by atoms with Gasteiger partial charge in [0.2, 0.25) is 0 Å². The molecule has 0 aromatic carbocycles. The van der Waals surface area contributed by atoms with Gasteiger partial charge in [-0.15, -0.1) is 0 Å². The van der Waals surface area contributed by atoms with E-state index in [0.717, 1.165) is 41.9 Å². The van der Waals surface area contributed by atoms with Crippen molar-refractivity contribution < 1.29 is 16.5 Å². The van der Waals surface area contributed by atoms with E-state index >= 15 is 0 Å². The molecule has 0 aromatic heterocycles. The van der Waals surface area contributed by atoms with E-state index in [4.69, 9.17) is 16.5 Å². The molecule has 0 aliphatic rings. The van der Waals surface area contributed by atoms with Crippen molar-refractivity contribution in [1.82, 2.24) is 0 Å². The molecule has 118 valence electrons. The van der Waals surface area contributed by atoms with Gasteiger partial charge in [0.05, 0.1) is 0 Å². The molecule has 0 radical (unpaired) electrons. The lowest BCUT2D eigenvalue weighted by atomic mass is 11.9. The molecule has 0 bridgehead atoms. The minimum atomic E-state index is -0.0139. The number of hydrogen-bond acceptors (Lipinski definition) is 4. The summed E-state index contributed by atoms with van der Waals surface area (Å²) in [6.45, 7) is 10.7. The highest BCUT2D eigenvalue weighted by atomic mass is 28.3. The van der Waals surface area contributed by atoms with Gasteiger partial charge < -0.3 is 16.5 Å². The normalized spacial score (nSPS) is 10.5. The minimum Gasteiger partial charge on any atom is -0.468 e. The SMILES string of the molecule is C[SiH2]O[SiH3].C[SiH2]O[SiH3].C[SiH2]O[SiH3].C[SiH2]O[SiH3].C[SiH3]. The summed E-state index contributed by atoms with van der Waals surface area (Å²) in [5.41, 5.74) is 0. The van der Waals surface area contributed by atoms with E-state index in [9.17, 15) is 0 Å². The summed E-state index contributed by atoms with van der Waals surface area (Å²) in [5.74, 6) is 0. The highest BCUT2D eigenvalue weighted by molar-refractivity contribution is 6.33. The molecule has 13 heteroatoms. The summed E-state index contributed by atoms with van der Waals surface area (Å²) < 4.78 is 19.3. The molecule has 4 nitrogen and oxygen atoms in total. The van der Waals surface area contributed by atoms with Crippen molar-refractivity contribution in [3.05, 3.63) is 0 Å². The highest BCUT2D eigenvalue weighted by Gasteiger charge is 1.55. The van der Waals surface area contributed by atoms with E-state index in [-0.39, 0.29) is 39.1 Å². The first-order valence-electron chi connectivity index (χ1n) is 6.62. The molecule has 0 saturated heterocycles. The van der Waals surface area contributed by atoms with E-state index < -0.39 is 0 Å². The zero-order valence-corrected chi connectivity index (χ0v) is 30.1. The fourth-order valence-corrected chi connectivity index (χ4v) is 0. The first kappa shape index (κ1) is 31.9. The second-order valence-corrected chi connectivity index (χ2v) is 13.9. The first-order chi connectivity index (χ1) is 8.66. The molecule has 0 amide bonds. The molecule has 0 N–H and O–H groups in total. The lowest BCUT2D eigenvalue weighted by Gasteiger charge is -1.76. The molecule has 0 spiro atoms. The number of rotatable bonds is 4. The fourth-order valence-electron chi connectivity index (χ4n) is 0. The van der Waals surface area contributed by atoms with E-state index in [2.05, 4.69) is 32.7 Å². The molecular formula is C5H38O4Si9. The van der Waals surface area contributed by atoms with Crippen LogP contribution in [0.25, 0.3) is 0 Å². The Morgan fingerprint density at radius 3 is 0.556 bits per heavy atom. The maximum Gasteiger partial charge on any atom is 0.142 e. The molecule has 18 heavy (non-hydrogen) atoms. The molecule has 0 fully saturated rings. The van der Waals surface area contributed by atoms with Gasteiger partial charge in [0.15, 0.2) is 0 Å². The molecular weight excluding hydrogens is 377 g/mol. The average Bonchev–Trinajstić information content (AvgIpc) is 2.49. The van der Waals surface area contributed by atoms with Crippen LogP contribution in [0, 0.1) is 0 Å². The predicted octanol–water partition coefficient (Wildman–Crippen LogP) is -6.94. The van der Waals surface area contributed by atoms with Crippen LogP contribution in [0.1, 0.15) is 0 Å². The zero-order chi connectivity index (χ0) is 15.7. The summed E-state index contributed by atoms with van der Waals surface area (Å²) in [6.07, 6.45) is 0. The predicted molar refractivity (Wildman–Crippen MR) is 118 cm³/mol. The van der Waals surface area contributed by atoms with Gasteiger partial charge in [-0.05, 0) is 10.2 Å². The van der Waals surface area contributed by atoms with Crippen molar-refractivity contribution in [2.75, 3.05) is 0 Å². The van der Waals surface area contributed by atoms with Crippen LogP contribution >= 0.6 is 0 Å². The van der Waals surface area contributed by atoms with Crippen molar-refractivity contribution in [3.63, 3.8) is 0 Å². The highest BCUT2D eigenvalue weighted by Crippen LogP contribution is 1.47. The summed E-state index contributed by atoms with van der Waals surface area (Å²) in [4.78, 5) is 0. The summed E-state index contributed by atoms with van der Waals surface area (Å²) in [7, 11) is 5.06. The topological polar surface area (TPSA) is 36.9 Å². The Bertz CT molecular complexity index is 50.9. The third-order valence-corrected chi connectivity index (χ3v) is 10.4. The van der Waals surface area contributed by atoms with E-state index in [0.29, 0.717) is 0 Å². The van der Waals surface area contributed by atoms with Crippen LogP contribution < -0.4 is 0 Å². The van der Waals surface area contributed by atoms with E-state index in [1.54, 1.807) is 0 Å². The molecule has 0 aromatic rings. The second kappa shape index (κ2) is 62.0. The van der Waals surface area contributed by atoms with Gasteiger partial charge in [-0.3, -0.25) is 0 Å². The second-order valence-electron chi connectivity index (χ2n) is 2.31. The Labute approximate surface area is 140 Å². The maximum absolute atomic E-state index is 4.82.